The Kier molecular flexibility index (Phi) is 11.0. The van der Waals surface area contributed by atoms with E-state index in [0.29, 0.717) is 11.3 Å². The summed E-state index contributed by atoms with van der Waals surface area (Å²) in [7, 11) is -2.38. The van der Waals surface area contributed by atoms with Crippen LogP contribution in [0.25, 0.3) is 0 Å². The van der Waals surface area contributed by atoms with E-state index in [1.54, 1.807) is 31.4 Å². The van der Waals surface area contributed by atoms with E-state index in [-0.39, 0.29) is 35.3 Å². The molecule has 0 saturated heterocycles. The predicted molar refractivity (Wildman–Crippen MR) is 180 cm³/mol. The molecule has 0 fully saturated rings. The van der Waals surface area contributed by atoms with Gasteiger partial charge in [-0.2, -0.15) is 0 Å². The summed E-state index contributed by atoms with van der Waals surface area (Å²) < 4.78 is 52.3. The summed E-state index contributed by atoms with van der Waals surface area (Å²) in [5.41, 5.74) is 2.51. The number of carbonyl (C=O) groups excluding carboxylic acids is 2. The summed E-state index contributed by atoms with van der Waals surface area (Å²) in [5, 5.41) is 2.97. The minimum absolute atomic E-state index is 0.0473. The number of methoxy groups -OCH3 is 1. The summed E-state index contributed by atoms with van der Waals surface area (Å²) in [6.07, 6.45) is 0. The van der Waals surface area contributed by atoms with Crippen LogP contribution < -0.4 is 19.5 Å². The smallest absolute Gasteiger partial charge is 0.261 e. The van der Waals surface area contributed by atoms with Crippen molar-refractivity contribution in [1.29, 1.82) is 0 Å². The third-order valence-electron chi connectivity index (χ3n) is 7.41. The second-order valence-corrected chi connectivity index (χ2v) is 12.4. The molecule has 5 aromatic rings. The van der Waals surface area contributed by atoms with Gasteiger partial charge in [-0.25, -0.2) is 12.8 Å². The van der Waals surface area contributed by atoms with Crippen LogP contribution >= 0.6 is 0 Å². The van der Waals surface area contributed by atoms with Gasteiger partial charge in [-0.3, -0.25) is 14.3 Å². The van der Waals surface area contributed by atoms with Crippen LogP contribution in [0.1, 0.15) is 22.7 Å². The molecule has 0 aromatic heterocycles. The Morgan fingerprint density at radius 2 is 1.35 bits per heavy atom. The van der Waals surface area contributed by atoms with E-state index in [4.69, 9.17) is 9.47 Å². The Bertz CT molecular complexity index is 1910. The van der Waals surface area contributed by atoms with E-state index in [2.05, 4.69) is 10.0 Å². The molecular weight excluding hydrogens is 633 g/mol. The number of benzene rings is 5. The van der Waals surface area contributed by atoms with Gasteiger partial charge in [0, 0.05) is 18.8 Å². The van der Waals surface area contributed by atoms with Crippen LogP contribution in [-0.4, -0.2) is 38.8 Å². The molecule has 0 aliphatic rings. The highest BCUT2D eigenvalue weighted by Crippen LogP contribution is 2.25. The zero-order valence-corrected chi connectivity index (χ0v) is 26.9. The van der Waals surface area contributed by atoms with Gasteiger partial charge in [-0.1, -0.05) is 72.8 Å². The van der Waals surface area contributed by atoms with E-state index in [1.807, 2.05) is 60.7 Å². The van der Waals surface area contributed by atoms with Gasteiger partial charge in [0.2, 0.25) is 5.91 Å². The lowest BCUT2D eigenvalue weighted by atomic mass is 10.0. The van der Waals surface area contributed by atoms with Crippen LogP contribution in [0.2, 0.25) is 0 Å². The molecule has 5 aromatic carbocycles. The van der Waals surface area contributed by atoms with Gasteiger partial charge in [0.15, 0.2) is 6.61 Å². The molecule has 0 aliphatic carbocycles. The topological polar surface area (TPSA) is 114 Å². The molecule has 0 radical (unpaired) electrons. The fourth-order valence-corrected chi connectivity index (χ4v) is 5.97. The number of amides is 2. The van der Waals surface area contributed by atoms with Gasteiger partial charge in [-0.05, 0) is 77.4 Å². The first-order chi connectivity index (χ1) is 23.2. The van der Waals surface area contributed by atoms with Crippen molar-refractivity contribution in [2.45, 2.75) is 24.0 Å². The molecule has 0 bridgehead atoms. The van der Waals surface area contributed by atoms with Crippen LogP contribution in [0, 0.1) is 5.82 Å². The quantitative estimate of drug-likeness (QED) is 0.148. The molecule has 0 spiro atoms. The van der Waals surface area contributed by atoms with Crippen molar-refractivity contribution in [1.82, 2.24) is 10.2 Å². The number of hydrogen-bond acceptors (Lipinski definition) is 6. The number of sulfonamides is 1. The van der Waals surface area contributed by atoms with E-state index in [0.717, 1.165) is 23.3 Å². The highest BCUT2D eigenvalue weighted by molar-refractivity contribution is 7.92. The van der Waals surface area contributed by atoms with Crippen molar-refractivity contribution in [3.05, 3.63) is 156 Å². The van der Waals surface area contributed by atoms with Gasteiger partial charge in [0.1, 0.15) is 23.4 Å². The second kappa shape index (κ2) is 15.7. The summed E-state index contributed by atoms with van der Waals surface area (Å²) in [4.78, 5) is 29.2. The number of ether oxygens (including phenoxy) is 2. The zero-order chi connectivity index (χ0) is 33.9. The van der Waals surface area contributed by atoms with Gasteiger partial charge >= 0.3 is 0 Å². The monoisotopic (exact) mass is 667 g/mol. The van der Waals surface area contributed by atoms with Crippen molar-refractivity contribution in [3.8, 4) is 11.5 Å². The number of hydrogen-bond donors (Lipinski definition) is 2. The minimum atomic E-state index is -3.96. The minimum Gasteiger partial charge on any atom is -0.497 e. The number of carbonyl (C=O) groups is 2. The van der Waals surface area contributed by atoms with Gasteiger partial charge < -0.3 is 19.7 Å². The maximum Gasteiger partial charge on any atom is 0.261 e. The maximum absolute atomic E-state index is 13.9. The molecule has 2 amide bonds. The van der Waals surface area contributed by atoms with Crippen molar-refractivity contribution in [3.63, 3.8) is 0 Å². The molecule has 0 saturated carbocycles. The van der Waals surface area contributed by atoms with Crippen LogP contribution in [0.5, 0.6) is 11.5 Å². The fraction of sp³-hybridized carbons (Fsp3) is 0.135. The Morgan fingerprint density at radius 3 is 1.98 bits per heavy atom. The fourth-order valence-electron chi connectivity index (χ4n) is 4.92. The largest absolute Gasteiger partial charge is 0.497 e. The lowest BCUT2D eigenvalue weighted by Gasteiger charge is -2.31. The van der Waals surface area contributed by atoms with E-state index in [1.165, 1.54) is 41.3 Å². The van der Waals surface area contributed by atoms with Crippen molar-refractivity contribution in [2.24, 2.45) is 0 Å². The zero-order valence-electron chi connectivity index (χ0n) is 26.1. The third kappa shape index (κ3) is 8.98. The molecular formula is C37H34FN3O6S. The Hall–Kier alpha value is -5.68. The summed E-state index contributed by atoms with van der Waals surface area (Å²) in [6, 6.07) is 35.2. The molecule has 1 atom stereocenters. The number of rotatable bonds is 14. The number of halogens is 1. The first-order valence-electron chi connectivity index (χ1n) is 15.0. The molecule has 9 nitrogen and oxygen atoms in total. The molecule has 246 valence electrons. The molecule has 0 heterocycles. The van der Waals surface area contributed by atoms with Crippen LogP contribution in [0.4, 0.5) is 10.1 Å². The van der Waals surface area contributed by atoms with Crippen LogP contribution in [0.15, 0.2) is 138 Å². The SMILES string of the molecule is COc1ccc(CNC(=O)[C@H](c2ccccc2)N(Cc2ccccc2)C(=O)COc2ccc(S(=O)(=O)Nc3ccc(F)cc3)cc2)cc1. The van der Waals surface area contributed by atoms with Gasteiger partial charge in [-0.15, -0.1) is 0 Å². The summed E-state index contributed by atoms with van der Waals surface area (Å²) >= 11 is 0. The first-order valence-corrected chi connectivity index (χ1v) is 16.5. The lowest BCUT2D eigenvalue weighted by Crippen LogP contribution is -2.45. The predicted octanol–water partition coefficient (Wildman–Crippen LogP) is 6.10. The average molecular weight is 668 g/mol. The summed E-state index contributed by atoms with van der Waals surface area (Å²) in [5.74, 6) is -0.360. The number of anilines is 1. The molecule has 48 heavy (non-hydrogen) atoms. The van der Waals surface area contributed by atoms with Gasteiger partial charge in [0.25, 0.3) is 15.9 Å². The lowest BCUT2D eigenvalue weighted by molar-refractivity contribution is -0.143. The molecule has 2 N–H and O–H groups in total. The third-order valence-corrected chi connectivity index (χ3v) is 8.81. The normalized spacial score (nSPS) is 11.6. The Labute approximate surface area is 279 Å². The van der Waals surface area contributed by atoms with Crippen molar-refractivity contribution in [2.75, 3.05) is 18.4 Å². The number of nitrogens with one attached hydrogen (secondary N) is 2. The maximum atomic E-state index is 13.9. The van der Waals surface area contributed by atoms with Crippen molar-refractivity contribution < 1.29 is 31.9 Å². The Balaban J connectivity index is 1.33. The second-order valence-electron chi connectivity index (χ2n) is 10.8. The standard InChI is InChI=1S/C37H34FN3O6S/c1-46-32-18-12-27(13-19-32)24-39-37(43)36(29-10-6-3-7-11-29)41(25-28-8-4-2-5-9-28)35(42)26-47-33-20-22-34(23-21-33)48(44,45)40-31-16-14-30(38)15-17-31/h2-23,36,40H,24-26H2,1H3,(H,39,43)/t36-/m0/s1. The van der Waals surface area contributed by atoms with E-state index in [9.17, 15) is 22.4 Å². The number of nitrogens with zero attached hydrogens (tertiary/aromatic N) is 1. The van der Waals surface area contributed by atoms with Crippen molar-refractivity contribution >= 4 is 27.5 Å². The molecule has 0 unspecified atom stereocenters. The van der Waals surface area contributed by atoms with Crippen LogP contribution in [-0.2, 0) is 32.7 Å². The Morgan fingerprint density at radius 1 is 0.750 bits per heavy atom. The molecule has 11 heteroatoms. The van der Waals surface area contributed by atoms with Gasteiger partial charge in [0.05, 0.1) is 12.0 Å². The molecule has 0 aliphatic heterocycles. The van der Waals surface area contributed by atoms with Crippen LogP contribution in [0.3, 0.4) is 0 Å². The van der Waals surface area contributed by atoms with E-state index < -0.39 is 34.4 Å². The molecule has 5 rings (SSSR count). The summed E-state index contributed by atoms with van der Waals surface area (Å²) in [6.45, 7) is -0.0477. The van der Waals surface area contributed by atoms with E-state index >= 15 is 0 Å². The first kappa shape index (κ1) is 33.7. The highest BCUT2D eigenvalue weighted by atomic mass is 32.2. The highest BCUT2D eigenvalue weighted by Gasteiger charge is 2.32. The average Bonchev–Trinajstić information content (AvgIpc) is 3.11.